The highest BCUT2D eigenvalue weighted by Gasteiger charge is 2.49. The van der Waals surface area contributed by atoms with Crippen molar-refractivity contribution in [2.24, 2.45) is 16.2 Å². The Morgan fingerprint density at radius 3 is 1.94 bits per heavy atom. The Kier molecular flexibility index (Phi) is 3.21. The van der Waals surface area contributed by atoms with E-state index >= 15 is 0 Å². The molecule has 2 nitrogen and oxygen atoms in total. The third-order valence-electron chi connectivity index (χ3n) is 3.09. The maximum Gasteiger partial charge on any atom is 0.156 e. The zero-order valence-electron chi connectivity index (χ0n) is 12.0. The molecule has 0 saturated carbocycles. The average molecular weight is 256 g/mol. The first-order valence-electron chi connectivity index (χ1n) is 6.04. The van der Waals surface area contributed by atoms with Crippen LogP contribution in [0.2, 0.25) is 0 Å². The van der Waals surface area contributed by atoms with Gasteiger partial charge in [-0.1, -0.05) is 32.6 Å². The molecule has 1 unspecified atom stereocenters. The normalized spacial score (nSPS) is 29.9. The lowest BCUT2D eigenvalue weighted by Crippen LogP contribution is -2.46. The molecule has 17 heavy (non-hydrogen) atoms. The summed E-state index contributed by atoms with van der Waals surface area (Å²) < 4.78 is 25.2. The third-order valence-corrected chi connectivity index (χ3v) is 6.22. The highest BCUT2D eigenvalue weighted by atomic mass is 32.2. The summed E-state index contributed by atoms with van der Waals surface area (Å²) >= 11 is 0. The van der Waals surface area contributed by atoms with E-state index < -0.39 is 25.9 Å². The Bertz CT molecular complexity index is 465. The molecule has 1 aliphatic rings. The van der Waals surface area contributed by atoms with Crippen LogP contribution < -0.4 is 0 Å². The summed E-state index contributed by atoms with van der Waals surface area (Å²) in [6.45, 7) is 13.6. The van der Waals surface area contributed by atoms with Gasteiger partial charge in [-0.3, -0.25) is 0 Å². The summed E-state index contributed by atoms with van der Waals surface area (Å²) in [6, 6.07) is 0. The van der Waals surface area contributed by atoms with Gasteiger partial charge in [0.25, 0.3) is 0 Å². The SMILES string of the molecule is CC1(C)C#CC(C)(C)C(C(C)(C)C)S(=O)(=O)C1. The lowest BCUT2D eigenvalue weighted by molar-refractivity contribution is 0.274. The van der Waals surface area contributed by atoms with Crippen LogP contribution in [0.3, 0.4) is 0 Å². The molecule has 0 saturated heterocycles. The minimum atomic E-state index is -3.16. The van der Waals surface area contributed by atoms with Crippen LogP contribution in [-0.2, 0) is 9.84 Å². The van der Waals surface area contributed by atoms with Crippen molar-refractivity contribution in [1.29, 1.82) is 0 Å². The maximum absolute atomic E-state index is 12.6. The van der Waals surface area contributed by atoms with Crippen LogP contribution in [0, 0.1) is 28.1 Å². The fraction of sp³-hybridized carbons (Fsp3) is 0.857. The zero-order chi connectivity index (χ0) is 13.7. The second-order valence-electron chi connectivity index (χ2n) is 7.41. The first-order valence-corrected chi connectivity index (χ1v) is 7.75. The second-order valence-corrected chi connectivity index (χ2v) is 9.49. The molecule has 0 fully saturated rings. The first kappa shape index (κ1) is 14.6. The minimum Gasteiger partial charge on any atom is -0.228 e. The molecular weight excluding hydrogens is 232 g/mol. The van der Waals surface area contributed by atoms with Crippen molar-refractivity contribution in [3.05, 3.63) is 0 Å². The number of hydrogen-bond donors (Lipinski definition) is 0. The minimum absolute atomic E-state index is 0.151. The standard InChI is InChI=1S/C14H24O2S/c1-12(2,3)11-14(6,7)9-8-13(4,5)10-17(11,15)16/h11H,10H2,1-7H3. The van der Waals surface area contributed by atoms with Crippen LogP contribution in [0.1, 0.15) is 48.5 Å². The lowest BCUT2D eigenvalue weighted by atomic mass is 9.75. The Morgan fingerprint density at radius 1 is 1.06 bits per heavy atom. The van der Waals surface area contributed by atoms with E-state index in [1.54, 1.807) is 0 Å². The van der Waals surface area contributed by atoms with E-state index in [4.69, 9.17) is 0 Å². The molecule has 1 rings (SSSR count). The van der Waals surface area contributed by atoms with E-state index in [9.17, 15) is 8.42 Å². The Morgan fingerprint density at radius 2 is 1.53 bits per heavy atom. The van der Waals surface area contributed by atoms with Gasteiger partial charge < -0.3 is 0 Å². The van der Waals surface area contributed by atoms with Gasteiger partial charge in [-0.25, -0.2) is 8.42 Å². The Labute approximate surface area is 106 Å². The van der Waals surface area contributed by atoms with Crippen molar-refractivity contribution < 1.29 is 8.42 Å². The molecule has 0 N–H and O–H groups in total. The smallest absolute Gasteiger partial charge is 0.156 e. The van der Waals surface area contributed by atoms with Gasteiger partial charge in [0.15, 0.2) is 9.84 Å². The van der Waals surface area contributed by atoms with E-state index in [2.05, 4.69) is 11.8 Å². The maximum atomic E-state index is 12.6. The quantitative estimate of drug-likeness (QED) is 0.625. The van der Waals surface area contributed by atoms with Gasteiger partial charge in [0.2, 0.25) is 0 Å². The fourth-order valence-electron chi connectivity index (χ4n) is 3.09. The van der Waals surface area contributed by atoms with Crippen LogP contribution >= 0.6 is 0 Å². The molecule has 0 spiro atoms. The summed E-state index contributed by atoms with van der Waals surface area (Å²) in [5.41, 5.74) is -1.24. The van der Waals surface area contributed by atoms with Crippen molar-refractivity contribution >= 4 is 9.84 Å². The van der Waals surface area contributed by atoms with Crippen molar-refractivity contribution in [2.45, 2.75) is 53.7 Å². The molecule has 0 radical (unpaired) electrons. The summed E-state index contributed by atoms with van der Waals surface area (Å²) in [4.78, 5) is 0. The predicted octanol–water partition coefficient (Wildman–Crippen LogP) is 2.89. The summed E-state index contributed by atoms with van der Waals surface area (Å²) in [6.07, 6.45) is 0. The molecule has 0 aliphatic carbocycles. The van der Waals surface area contributed by atoms with Gasteiger partial charge >= 0.3 is 0 Å². The number of hydrogen-bond acceptors (Lipinski definition) is 2. The number of sulfone groups is 1. The lowest BCUT2D eigenvalue weighted by Gasteiger charge is -2.38. The molecule has 0 aromatic heterocycles. The molecule has 0 amide bonds. The number of rotatable bonds is 0. The van der Waals surface area contributed by atoms with Gasteiger partial charge in [-0.2, -0.15) is 0 Å². The molecule has 1 atom stereocenters. The van der Waals surface area contributed by atoms with Crippen molar-refractivity contribution in [1.82, 2.24) is 0 Å². The molecule has 1 heterocycles. The summed E-state index contributed by atoms with van der Waals surface area (Å²) in [7, 11) is -3.16. The van der Waals surface area contributed by atoms with Crippen LogP contribution in [-0.4, -0.2) is 19.4 Å². The molecule has 3 heteroatoms. The van der Waals surface area contributed by atoms with Gasteiger partial charge in [-0.15, -0.1) is 0 Å². The first-order chi connectivity index (χ1) is 7.28. The molecular formula is C14H24O2S. The average Bonchev–Trinajstić information content (AvgIpc) is 1.99. The Hall–Kier alpha value is -0.490. The van der Waals surface area contributed by atoms with E-state index in [1.165, 1.54) is 0 Å². The molecule has 0 bridgehead atoms. The van der Waals surface area contributed by atoms with E-state index in [1.807, 2.05) is 48.5 Å². The van der Waals surface area contributed by atoms with E-state index in [-0.39, 0.29) is 11.2 Å². The van der Waals surface area contributed by atoms with Crippen LogP contribution in [0.15, 0.2) is 0 Å². The Balaban J connectivity index is 3.46. The zero-order valence-corrected chi connectivity index (χ0v) is 12.8. The van der Waals surface area contributed by atoms with Gasteiger partial charge in [0.05, 0.1) is 11.0 Å². The highest BCUT2D eigenvalue weighted by molar-refractivity contribution is 7.92. The van der Waals surface area contributed by atoms with Gasteiger partial charge in [-0.05, 0) is 33.1 Å². The predicted molar refractivity (Wildman–Crippen MR) is 72.4 cm³/mol. The van der Waals surface area contributed by atoms with E-state index in [0.29, 0.717) is 0 Å². The third kappa shape index (κ3) is 3.04. The van der Waals surface area contributed by atoms with Gasteiger partial charge in [0, 0.05) is 10.8 Å². The molecule has 1 aliphatic heterocycles. The summed E-state index contributed by atoms with van der Waals surface area (Å²) in [5, 5.41) is -0.420. The fourth-order valence-corrected chi connectivity index (χ4v) is 6.37. The van der Waals surface area contributed by atoms with Crippen LogP contribution in [0.4, 0.5) is 0 Å². The largest absolute Gasteiger partial charge is 0.228 e. The van der Waals surface area contributed by atoms with Crippen molar-refractivity contribution in [3.8, 4) is 11.8 Å². The molecule has 0 aromatic carbocycles. The molecule has 98 valence electrons. The second kappa shape index (κ2) is 3.75. The van der Waals surface area contributed by atoms with Crippen LogP contribution in [0.5, 0.6) is 0 Å². The van der Waals surface area contributed by atoms with Crippen molar-refractivity contribution in [3.63, 3.8) is 0 Å². The van der Waals surface area contributed by atoms with Crippen LogP contribution in [0.25, 0.3) is 0 Å². The topological polar surface area (TPSA) is 34.1 Å². The summed E-state index contributed by atoms with van der Waals surface area (Å²) in [5.74, 6) is 6.49. The van der Waals surface area contributed by atoms with E-state index in [0.717, 1.165) is 0 Å². The van der Waals surface area contributed by atoms with Crippen molar-refractivity contribution in [2.75, 3.05) is 5.75 Å². The molecule has 0 aromatic rings. The highest BCUT2D eigenvalue weighted by Crippen LogP contribution is 2.42. The monoisotopic (exact) mass is 256 g/mol. The van der Waals surface area contributed by atoms with Gasteiger partial charge in [0.1, 0.15) is 0 Å².